The van der Waals surface area contributed by atoms with Gasteiger partial charge in [0.25, 0.3) is 11.6 Å². The summed E-state index contributed by atoms with van der Waals surface area (Å²) in [6, 6.07) is 11.0. The Morgan fingerprint density at radius 1 is 1.32 bits per heavy atom. The molecule has 8 heteroatoms. The highest BCUT2D eigenvalue weighted by atomic mass is 79.9. The molecule has 0 aromatic heterocycles. The Labute approximate surface area is 139 Å². The van der Waals surface area contributed by atoms with E-state index in [1.54, 1.807) is 0 Å². The molecule has 0 radical (unpaired) electrons. The van der Waals surface area contributed by atoms with Crippen LogP contribution >= 0.6 is 27.5 Å². The molecule has 2 rings (SSSR count). The Kier molecular flexibility index (Phi) is 5.24. The molecule has 0 fully saturated rings. The maximum atomic E-state index is 11.9. The van der Waals surface area contributed by atoms with Crippen molar-refractivity contribution in [1.29, 1.82) is 0 Å². The summed E-state index contributed by atoms with van der Waals surface area (Å²) in [6.45, 7) is 0. The summed E-state index contributed by atoms with van der Waals surface area (Å²) in [5, 5.41) is 14.4. The van der Waals surface area contributed by atoms with Gasteiger partial charge >= 0.3 is 0 Å². The van der Waals surface area contributed by atoms with Gasteiger partial charge in [0.15, 0.2) is 0 Å². The van der Waals surface area contributed by atoms with Gasteiger partial charge in [0.1, 0.15) is 0 Å². The maximum Gasteiger partial charge on any atom is 0.272 e. The van der Waals surface area contributed by atoms with Gasteiger partial charge in [0.2, 0.25) is 0 Å². The maximum absolute atomic E-state index is 11.9. The number of non-ortho nitro benzene ring substituents is 1. The van der Waals surface area contributed by atoms with Crippen molar-refractivity contribution in [1.82, 2.24) is 5.43 Å². The highest BCUT2D eigenvalue weighted by Gasteiger charge is 2.14. The predicted octanol–water partition coefficient (Wildman–Crippen LogP) is 3.77. The molecular formula is C14H9BrClN3O3. The van der Waals surface area contributed by atoms with E-state index >= 15 is 0 Å². The van der Waals surface area contributed by atoms with E-state index in [4.69, 9.17) is 11.6 Å². The van der Waals surface area contributed by atoms with Crippen LogP contribution in [0.15, 0.2) is 52.0 Å². The lowest BCUT2D eigenvalue weighted by Crippen LogP contribution is -2.18. The Morgan fingerprint density at radius 2 is 2.09 bits per heavy atom. The molecule has 0 bridgehead atoms. The van der Waals surface area contributed by atoms with Crippen LogP contribution in [-0.4, -0.2) is 17.0 Å². The van der Waals surface area contributed by atoms with E-state index in [0.29, 0.717) is 0 Å². The van der Waals surface area contributed by atoms with Crippen molar-refractivity contribution in [2.24, 2.45) is 5.10 Å². The quantitative estimate of drug-likeness (QED) is 0.496. The molecule has 0 atom stereocenters. The fourth-order valence-electron chi connectivity index (χ4n) is 1.61. The van der Waals surface area contributed by atoms with Crippen LogP contribution in [-0.2, 0) is 0 Å². The van der Waals surface area contributed by atoms with Crippen molar-refractivity contribution >= 4 is 45.3 Å². The third kappa shape index (κ3) is 4.12. The molecule has 112 valence electrons. The molecule has 22 heavy (non-hydrogen) atoms. The normalized spacial score (nSPS) is 10.6. The number of nitro benzene ring substituents is 1. The van der Waals surface area contributed by atoms with Gasteiger partial charge in [-0.25, -0.2) is 5.43 Å². The van der Waals surface area contributed by atoms with E-state index in [9.17, 15) is 14.9 Å². The van der Waals surface area contributed by atoms with E-state index in [1.165, 1.54) is 18.3 Å². The van der Waals surface area contributed by atoms with E-state index < -0.39 is 10.8 Å². The van der Waals surface area contributed by atoms with E-state index in [1.807, 2.05) is 24.3 Å². The molecule has 2 aromatic carbocycles. The molecule has 0 unspecified atom stereocenters. The SMILES string of the molecule is O=C(N/N=C/c1cccc(Br)c1)c1ccc([N+](=O)[O-])cc1Cl. The minimum absolute atomic E-state index is 0.00986. The van der Waals surface area contributed by atoms with Crippen molar-refractivity contribution < 1.29 is 9.72 Å². The molecule has 2 aromatic rings. The number of amides is 1. The molecule has 1 amide bonds. The first-order chi connectivity index (χ1) is 10.5. The van der Waals surface area contributed by atoms with Crippen LogP contribution in [0, 0.1) is 10.1 Å². The van der Waals surface area contributed by atoms with Crippen molar-refractivity contribution in [2.45, 2.75) is 0 Å². The fourth-order valence-corrected chi connectivity index (χ4v) is 2.29. The summed E-state index contributed by atoms with van der Waals surface area (Å²) >= 11 is 9.19. The summed E-state index contributed by atoms with van der Waals surface area (Å²) < 4.78 is 0.890. The largest absolute Gasteiger partial charge is 0.272 e. The van der Waals surface area contributed by atoms with Gasteiger partial charge in [-0.15, -0.1) is 0 Å². The van der Waals surface area contributed by atoms with Crippen LogP contribution in [0.25, 0.3) is 0 Å². The molecule has 0 aliphatic carbocycles. The number of rotatable bonds is 4. The van der Waals surface area contributed by atoms with Crippen LogP contribution in [0.4, 0.5) is 5.69 Å². The van der Waals surface area contributed by atoms with Crippen LogP contribution < -0.4 is 5.43 Å². The third-order valence-electron chi connectivity index (χ3n) is 2.64. The van der Waals surface area contributed by atoms with Gasteiger partial charge < -0.3 is 0 Å². The Morgan fingerprint density at radius 3 is 2.73 bits per heavy atom. The molecule has 1 N–H and O–H groups in total. The minimum atomic E-state index is -0.584. The van der Waals surface area contributed by atoms with Crippen LogP contribution in [0.3, 0.4) is 0 Å². The second kappa shape index (κ2) is 7.15. The topological polar surface area (TPSA) is 84.6 Å². The van der Waals surface area contributed by atoms with Crippen molar-refractivity contribution in [3.05, 3.63) is 73.2 Å². The third-order valence-corrected chi connectivity index (χ3v) is 3.44. The van der Waals surface area contributed by atoms with E-state index in [2.05, 4.69) is 26.5 Å². The number of nitrogens with one attached hydrogen (secondary N) is 1. The molecule has 0 spiro atoms. The number of hydrogen-bond donors (Lipinski definition) is 1. The van der Waals surface area contributed by atoms with Gasteiger partial charge in [0, 0.05) is 16.6 Å². The zero-order valence-corrected chi connectivity index (χ0v) is 13.3. The number of nitrogens with zero attached hydrogens (tertiary/aromatic N) is 2. The average Bonchev–Trinajstić information content (AvgIpc) is 2.47. The Bertz CT molecular complexity index is 765. The van der Waals surface area contributed by atoms with Gasteiger partial charge in [0.05, 0.1) is 21.7 Å². The molecule has 0 saturated heterocycles. The highest BCUT2D eigenvalue weighted by molar-refractivity contribution is 9.10. The number of nitro groups is 1. The van der Waals surface area contributed by atoms with Crippen LogP contribution in [0.5, 0.6) is 0 Å². The van der Waals surface area contributed by atoms with Gasteiger partial charge in [-0.3, -0.25) is 14.9 Å². The minimum Gasteiger partial charge on any atom is -0.267 e. The summed E-state index contributed by atoms with van der Waals surface area (Å²) in [7, 11) is 0. The van der Waals surface area contributed by atoms with Gasteiger partial charge in [-0.1, -0.05) is 39.7 Å². The fraction of sp³-hybridized carbons (Fsp3) is 0. The molecule has 0 aliphatic rings. The lowest BCUT2D eigenvalue weighted by atomic mass is 10.2. The number of hydrogen-bond acceptors (Lipinski definition) is 4. The summed E-state index contributed by atoms with van der Waals surface area (Å²) in [4.78, 5) is 21.9. The average molecular weight is 383 g/mol. The summed E-state index contributed by atoms with van der Waals surface area (Å²) in [5.41, 5.74) is 3.04. The predicted molar refractivity (Wildman–Crippen MR) is 87.3 cm³/mol. The second-order valence-corrected chi connectivity index (χ2v) is 5.50. The summed E-state index contributed by atoms with van der Waals surface area (Å²) in [6.07, 6.45) is 1.47. The van der Waals surface area contributed by atoms with Crippen molar-refractivity contribution in [3.8, 4) is 0 Å². The Hall–Kier alpha value is -2.25. The van der Waals surface area contributed by atoms with E-state index in [-0.39, 0.29) is 16.3 Å². The monoisotopic (exact) mass is 381 g/mol. The number of carbonyl (C=O) groups is 1. The smallest absolute Gasteiger partial charge is 0.267 e. The first kappa shape index (κ1) is 16.1. The van der Waals surface area contributed by atoms with Gasteiger partial charge in [-0.2, -0.15) is 5.10 Å². The number of carbonyl (C=O) groups excluding carboxylic acids is 1. The van der Waals surface area contributed by atoms with Crippen molar-refractivity contribution in [3.63, 3.8) is 0 Å². The first-order valence-corrected chi connectivity index (χ1v) is 7.17. The molecular weight excluding hydrogens is 374 g/mol. The first-order valence-electron chi connectivity index (χ1n) is 6.00. The lowest BCUT2D eigenvalue weighted by Gasteiger charge is -2.02. The Balaban J connectivity index is 2.08. The highest BCUT2D eigenvalue weighted by Crippen LogP contribution is 2.22. The van der Waals surface area contributed by atoms with Crippen LogP contribution in [0.2, 0.25) is 5.02 Å². The molecule has 0 aliphatic heterocycles. The van der Waals surface area contributed by atoms with E-state index in [0.717, 1.165) is 16.1 Å². The van der Waals surface area contributed by atoms with Crippen molar-refractivity contribution in [2.75, 3.05) is 0 Å². The number of hydrazone groups is 1. The zero-order chi connectivity index (χ0) is 16.1. The molecule has 0 heterocycles. The summed E-state index contributed by atoms with van der Waals surface area (Å²) in [5.74, 6) is -0.550. The second-order valence-electron chi connectivity index (χ2n) is 4.18. The number of benzene rings is 2. The van der Waals surface area contributed by atoms with Gasteiger partial charge in [-0.05, 0) is 23.8 Å². The lowest BCUT2D eigenvalue weighted by molar-refractivity contribution is -0.384. The number of halogens is 2. The molecule has 0 saturated carbocycles. The molecule has 6 nitrogen and oxygen atoms in total. The van der Waals surface area contributed by atoms with Crippen LogP contribution in [0.1, 0.15) is 15.9 Å². The zero-order valence-electron chi connectivity index (χ0n) is 11.0. The standard InChI is InChI=1S/C14H9BrClN3O3/c15-10-3-1-2-9(6-10)8-17-18-14(20)12-5-4-11(19(21)22)7-13(12)16/h1-8H,(H,18,20)/b17-8+.